The number of hydrogen-bond donors (Lipinski definition) is 1. The Kier molecular flexibility index (Phi) is 4.39. The van der Waals surface area contributed by atoms with Gasteiger partial charge in [0.15, 0.2) is 0 Å². The summed E-state index contributed by atoms with van der Waals surface area (Å²) in [6, 6.07) is 6.41. The highest BCUT2D eigenvalue weighted by Gasteiger charge is 2.31. The minimum atomic E-state index is 0.274. The number of rotatable bonds is 6. The highest BCUT2D eigenvalue weighted by molar-refractivity contribution is 5.78. The van der Waals surface area contributed by atoms with Crippen LogP contribution in [0.3, 0.4) is 0 Å². The van der Waals surface area contributed by atoms with Crippen molar-refractivity contribution >= 4 is 11.7 Å². The summed E-state index contributed by atoms with van der Waals surface area (Å²) in [7, 11) is 1.94. The second-order valence-corrected chi connectivity index (χ2v) is 6.22. The van der Waals surface area contributed by atoms with E-state index in [1.165, 1.54) is 12.8 Å². The van der Waals surface area contributed by atoms with E-state index >= 15 is 0 Å². The van der Waals surface area contributed by atoms with Crippen molar-refractivity contribution in [2.24, 2.45) is 5.92 Å². The molecule has 3 rings (SSSR count). The van der Waals surface area contributed by atoms with Gasteiger partial charge in [0, 0.05) is 32.4 Å². The molecule has 5 nitrogen and oxygen atoms in total. The first-order valence-corrected chi connectivity index (χ1v) is 7.85. The summed E-state index contributed by atoms with van der Waals surface area (Å²) in [6.07, 6.45) is 5.31. The fraction of sp³-hybridized carbons (Fsp3) is 0.625. The largest absolute Gasteiger partial charge is 0.370 e. The Morgan fingerprint density at radius 3 is 3.00 bits per heavy atom. The van der Waals surface area contributed by atoms with Crippen molar-refractivity contribution in [3.8, 4) is 0 Å². The van der Waals surface area contributed by atoms with Crippen LogP contribution in [0.5, 0.6) is 0 Å². The van der Waals surface area contributed by atoms with Gasteiger partial charge in [0.25, 0.3) is 0 Å². The lowest BCUT2D eigenvalue weighted by atomic mass is 10.1. The van der Waals surface area contributed by atoms with E-state index in [1.54, 1.807) is 6.20 Å². The van der Waals surface area contributed by atoms with E-state index in [1.807, 2.05) is 30.1 Å². The average Bonchev–Trinajstić information content (AvgIpc) is 3.26. The van der Waals surface area contributed by atoms with Gasteiger partial charge in [-0.1, -0.05) is 6.07 Å². The molecular formula is C16H24N4O. The van der Waals surface area contributed by atoms with Crippen LogP contribution >= 0.6 is 0 Å². The summed E-state index contributed by atoms with van der Waals surface area (Å²) < 4.78 is 0. The second-order valence-electron chi connectivity index (χ2n) is 6.22. The number of likely N-dealkylation sites (tertiary alicyclic amines) is 1. The molecule has 1 aliphatic carbocycles. The van der Waals surface area contributed by atoms with Crippen LogP contribution in [0.2, 0.25) is 0 Å². The van der Waals surface area contributed by atoms with Gasteiger partial charge in [0.2, 0.25) is 5.91 Å². The standard InChI is InChI=1S/C16H24N4O/c1-19(14-5-6-14)16(21)12-20-9-7-13(11-20)10-18-15-4-2-3-8-17-15/h2-4,8,13-14H,5-7,9-12H2,1H3,(H,17,18)/t13-/m0/s1. The third kappa shape index (κ3) is 3.94. The van der Waals surface area contributed by atoms with Crippen LogP contribution in [-0.2, 0) is 4.79 Å². The minimum absolute atomic E-state index is 0.274. The van der Waals surface area contributed by atoms with Gasteiger partial charge in [-0.2, -0.15) is 0 Å². The Labute approximate surface area is 126 Å². The molecule has 1 saturated carbocycles. The maximum Gasteiger partial charge on any atom is 0.236 e. The molecule has 1 atom stereocenters. The van der Waals surface area contributed by atoms with Gasteiger partial charge in [-0.25, -0.2) is 4.98 Å². The Balaban J connectivity index is 1.39. The van der Waals surface area contributed by atoms with Crippen molar-refractivity contribution in [2.45, 2.75) is 25.3 Å². The third-order valence-electron chi connectivity index (χ3n) is 4.45. The molecule has 1 aromatic heterocycles. The van der Waals surface area contributed by atoms with Crippen LogP contribution in [0.4, 0.5) is 5.82 Å². The summed E-state index contributed by atoms with van der Waals surface area (Å²) in [5.74, 6) is 1.81. The Hall–Kier alpha value is -1.62. The van der Waals surface area contributed by atoms with E-state index < -0.39 is 0 Å². The van der Waals surface area contributed by atoms with Crippen LogP contribution in [0.15, 0.2) is 24.4 Å². The molecule has 0 aromatic carbocycles. The molecule has 1 saturated heterocycles. The summed E-state index contributed by atoms with van der Waals surface area (Å²) in [5.41, 5.74) is 0. The van der Waals surface area contributed by atoms with E-state index in [4.69, 9.17) is 0 Å². The molecule has 1 aliphatic heterocycles. The number of hydrogen-bond acceptors (Lipinski definition) is 4. The molecule has 2 heterocycles. The first kappa shape index (κ1) is 14.3. The zero-order valence-corrected chi connectivity index (χ0v) is 12.7. The average molecular weight is 288 g/mol. The SMILES string of the molecule is CN(C(=O)CN1CC[C@@H](CNc2ccccn2)C1)C1CC1. The lowest BCUT2D eigenvalue weighted by Crippen LogP contribution is -2.38. The normalized spacial score (nSPS) is 22.2. The topological polar surface area (TPSA) is 48.5 Å². The number of likely N-dealkylation sites (N-methyl/N-ethyl adjacent to an activating group) is 1. The second kappa shape index (κ2) is 6.43. The van der Waals surface area contributed by atoms with Crippen molar-refractivity contribution in [2.75, 3.05) is 38.5 Å². The summed E-state index contributed by atoms with van der Waals surface area (Å²) in [6.45, 7) is 3.54. The van der Waals surface area contributed by atoms with E-state index in [2.05, 4.69) is 15.2 Å². The van der Waals surface area contributed by atoms with Crippen LogP contribution in [0, 0.1) is 5.92 Å². The molecule has 1 amide bonds. The number of carbonyl (C=O) groups excluding carboxylic acids is 1. The first-order valence-electron chi connectivity index (χ1n) is 7.85. The molecule has 5 heteroatoms. The van der Waals surface area contributed by atoms with Crippen LogP contribution in [0.25, 0.3) is 0 Å². The van der Waals surface area contributed by atoms with Crippen LogP contribution in [0.1, 0.15) is 19.3 Å². The van der Waals surface area contributed by atoms with E-state index in [0.717, 1.165) is 31.9 Å². The number of carbonyl (C=O) groups is 1. The smallest absolute Gasteiger partial charge is 0.236 e. The molecule has 21 heavy (non-hydrogen) atoms. The zero-order chi connectivity index (χ0) is 14.7. The van der Waals surface area contributed by atoms with E-state index in [0.29, 0.717) is 18.5 Å². The number of nitrogens with zero attached hydrogens (tertiary/aromatic N) is 3. The van der Waals surface area contributed by atoms with Crippen molar-refractivity contribution in [1.29, 1.82) is 0 Å². The summed E-state index contributed by atoms with van der Waals surface area (Å²) >= 11 is 0. The van der Waals surface area contributed by atoms with Gasteiger partial charge >= 0.3 is 0 Å². The number of pyridine rings is 1. The van der Waals surface area contributed by atoms with Crippen molar-refractivity contribution in [1.82, 2.24) is 14.8 Å². The maximum atomic E-state index is 12.1. The Morgan fingerprint density at radius 2 is 2.29 bits per heavy atom. The van der Waals surface area contributed by atoms with Gasteiger partial charge in [0.05, 0.1) is 6.54 Å². The Bertz CT molecular complexity index is 474. The van der Waals surface area contributed by atoms with Gasteiger partial charge in [0.1, 0.15) is 5.82 Å². The van der Waals surface area contributed by atoms with Crippen molar-refractivity contribution in [3.05, 3.63) is 24.4 Å². The number of aromatic nitrogens is 1. The molecule has 1 aromatic rings. The molecule has 2 fully saturated rings. The molecule has 0 spiro atoms. The van der Waals surface area contributed by atoms with E-state index in [9.17, 15) is 4.79 Å². The molecule has 0 unspecified atom stereocenters. The first-order chi connectivity index (χ1) is 10.2. The van der Waals surface area contributed by atoms with Gasteiger partial charge < -0.3 is 10.2 Å². The van der Waals surface area contributed by atoms with Crippen molar-refractivity contribution in [3.63, 3.8) is 0 Å². The van der Waals surface area contributed by atoms with Crippen LogP contribution < -0.4 is 5.32 Å². The molecule has 0 radical (unpaired) electrons. The van der Waals surface area contributed by atoms with Crippen LogP contribution in [-0.4, -0.2) is 60.0 Å². The minimum Gasteiger partial charge on any atom is -0.370 e. The maximum absolute atomic E-state index is 12.1. The number of anilines is 1. The van der Waals surface area contributed by atoms with Crippen molar-refractivity contribution < 1.29 is 4.79 Å². The predicted octanol–water partition coefficient (Wildman–Crippen LogP) is 1.44. The quantitative estimate of drug-likeness (QED) is 0.860. The zero-order valence-electron chi connectivity index (χ0n) is 12.7. The van der Waals surface area contributed by atoms with Gasteiger partial charge in [-0.05, 0) is 43.9 Å². The summed E-state index contributed by atoms with van der Waals surface area (Å²) in [4.78, 5) is 20.6. The fourth-order valence-corrected chi connectivity index (χ4v) is 2.91. The molecule has 2 aliphatic rings. The Morgan fingerprint density at radius 1 is 1.43 bits per heavy atom. The molecule has 114 valence electrons. The highest BCUT2D eigenvalue weighted by Crippen LogP contribution is 2.26. The highest BCUT2D eigenvalue weighted by atomic mass is 16.2. The number of nitrogens with one attached hydrogen (secondary N) is 1. The van der Waals surface area contributed by atoms with Gasteiger partial charge in [-0.3, -0.25) is 9.69 Å². The fourth-order valence-electron chi connectivity index (χ4n) is 2.91. The molecule has 0 bridgehead atoms. The lowest BCUT2D eigenvalue weighted by molar-refractivity contribution is -0.131. The third-order valence-corrected chi connectivity index (χ3v) is 4.45. The van der Waals surface area contributed by atoms with E-state index in [-0.39, 0.29) is 5.91 Å². The monoisotopic (exact) mass is 288 g/mol. The number of amides is 1. The molecular weight excluding hydrogens is 264 g/mol. The van der Waals surface area contributed by atoms with Gasteiger partial charge in [-0.15, -0.1) is 0 Å². The molecule has 1 N–H and O–H groups in total. The lowest BCUT2D eigenvalue weighted by Gasteiger charge is -2.21. The summed E-state index contributed by atoms with van der Waals surface area (Å²) in [5, 5.41) is 3.38. The predicted molar refractivity (Wildman–Crippen MR) is 83.1 cm³/mol.